The van der Waals surface area contributed by atoms with E-state index < -0.39 is 0 Å². The molecule has 0 aliphatic heterocycles. The van der Waals surface area contributed by atoms with Crippen LogP contribution in [0.1, 0.15) is 41.8 Å². The normalized spacial score (nSPS) is 10.5. The maximum Gasteiger partial charge on any atom is 0.167 e. The van der Waals surface area contributed by atoms with E-state index in [0.717, 1.165) is 36.2 Å². The number of hydrogen-bond acceptors (Lipinski definition) is 5. The average molecular weight is 346 g/mol. The van der Waals surface area contributed by atoms with Gasteiger partial charge in [-0.1, -0.05) is 44.2 Å². The molecule has 0 unspecified atom stereocenters. The van der Waals surface area contributed by atoms with Gasteiger partial charge in [-0.05, 0) is 24.0 Å². The van der Waals surface area contributed by atoms with Crippen LogP contribution in [-0.2, 0) is 25.9 Å². The van der Waals surface area contributed by atoms with Gasteiger partial charge in [-0.15, -0.1) is 5.10 Å². The number of hydrogen-bond donors (Lipinski definition) is 1. The molecule has 26 heavy (non-hydrogen) atoms. The lowest BCUT2D eigenvalue weighted by molar-refractivity contribution is 0.686. The lowest BCUT2D eigenvalue weighted by Crippen LogP contribution is -2.09. The number of nitrogens with zero attached hydrogens (tertiary/aromatic N) is 5. The molecule has 0 amide bonds. The summed E-state index contributed by atoms with van der Waals surface area (Å²) in [4.78, 5) is 0. The van der Waals surface area contributed by atoms with Crippen LogP contribution in [0.25, 0.3) is 0 Å². The Balaban J connectivity index is 1.71. The summed E-state index contributed by atoms with van der Waals surface area (Å²) in [7, 11) is 0. The zero-order valence-corrected chi connectivity index (χ0v) is 15.1. The highest BCUT2D eigenvalue weighted by Gasteiger charge is 2.14. The Morgan fingerprint density at radius 1 is 1.08 bits per heavy atom. The van der Waals surface area contributed by atoms with Crippen molar-refractivity contribution < 1.29 is 0 Å². The molecule has 3 rings (SSSR count). The van der Waals surface area contributed by atoms with Crippen LogP contribution >= 0.6 is 0 Å². The molecule has 0 fully saturated rings. The van der Waals surface area contributed by atoms with Crippen molar-refractivity contribution >= 4 is 5.82 Å². The van der Waals surface area contributed by atoms with Gasteiger partial charge in [-0.2, -0.15) is 15.5 Å². The molecule has 0 atom stereocenters. The highest BCUT2D eigenvalue weighted by atomic mass is 15.3. The third kappa shape index (κ3) is 3.89. The molecule has 0 aliphatic carbocycles. The lowest BCUT2D eigenvalue weighted by Gasteiger charge is -2.11. The second kappa shape index (κ2) is 8.26. The summed E-state index contributed by atoms with van der Waals surface area (Å²) in [5.74, 6) is 0.539. The second-order valence-corrected chi connectivity index (χ2v) is 6.05. The van der Waals surface area contributed by atoms with Gasteiger partial charge in [0.1, 0.15) is 11.6 Å². The van der Waals surface area contributed by atoms with E-state index in [-0.39, 0.29) is 0 Å². The fourth-order valence-electron chi connectivity index (χ4n) is 2.96. The van der Waals surface area contributed by atoms with Crippen LogP contribution in [0.4, 0.5) is 5.82 Å². The minimum Gasteiger partial charge on any atom is -0.363 e. The van der Waals surface area contributed by atoms with E-state index in [9.17, 15) is 5.26 Å². The molecule has 132 valence electrons. The number of nitriles is 1. The Kier molecular flexibility index (Phi) is 5.59. The van der Waals surface area contributed by atoms with Crippen molar-refractivity contribution in [3.05, 3.63) is 70.7 Å². The van der Waals surface area contributed by atoms with E-state index in [0.29, 0.717) is 17.9 Å². The highest BCUT2D eigenvalue weighted by molar-refractivity contribution is 5.56. The molecule has 0 saturated carbocycles. The van der Waals surface area contributed by atoms with Gasteiger partial charge in [0.25, 0.3) is 0 Å². The molecule has 2 heterocycles. The summed E-state index contributed by atoms with van der Waals surface area (Å²) in [6.45, 7) is 5.34. The van der Waals surface area contributed by atoms with E-state index in [1.807, 2.05) is 49.1 Å². The van der Waals surface area contributed by atoms with Crippen molar-refractivity contribution in [1.82, 2.24) is 20.0 Å². The molecule has 0 saturated heterocycles. The molecule has 0 radical (unpaired) electrons. The van der Waals surface area contributed by atoms with E-state index in [1.54, 1.807) is 0 Å². The maximum absolute atomic E-state index is 9.54. The van der Waals surface area contributed by atoms with Crippen molar-refractivity contribution in [3.63, 3.8) is 0 Å². The van der Waals surface area contributed by atoms with Gasteiger partial charge in [0.15, 0.2) is 5.82 Å². The lowest BCUT2D eigenvalue weighted by atomic mass is 10.0. The highest BCUT2D eigenvalue weighted by Crippen LogP contribution is 2.20. The topological polar surface area (TPSA) is 79.4 Å². The Morgan fingerprint density at radius 2 is 1.88 bits per heavy atom. The van der Waals surface area contributed by atoms with Gasteiger partial charge in [-0.25, -0.2) is 0 Å². The van der Waals surface area contributed by atoms with Crippen molar-refractivity contribution in [2.75, 3.05) is 5.32 Å². The first-order valence-corrected chi connectivity index (χ1v) is 8.82. The smallest absolute Gasteiger partial charge is 0.167 e. The van der Waals surface area contributed by atoms with E-state index in [4.69, 9.17) is 0 Å². The molecule has 3 aromatic rings. The van der Waals surface area contributed by atoms with Crippen LogP contribution < -0.4 is 5.32 Å². The number of aromatic nitrogens is 4. The molecule has 1 aromatic carbocycles. The third-order valence-electron chi connectivity index (χ3n) is 4.29. The minimum absolute atomic E-state index is 0.539. The maximum atomic E-state index is 9.54. The number of benzene rings is 1. The van der Waals surface area contributed by atoms with Crippen LogP contribution in [0.15, 0.2) is 42.7 Å². The summed E-state index contributed by atoms with van der Waals surface area (Å²) >= 11 is 0. The monoisotopic (exact) mass is 346 g/mol. The van der Waals surface area contributed by atoms with E-state index >= 15 is 0 Å². The fourth-order valence-corrected chi connectivity index (χ4v) is 2.96. The van der Waals surface area contributed by atoms with Crippen molar-refractivity contribution in [2.45, 2.75) is 39.8 Å². The average Bonchev–Trinajstić information content (AvgIpc) is 3.13. The number of nitrogens with one attached hydrogen (secondary N) is 1. The minimum atomic E-state index is 0.539. The molecule has 2 aromatic heterocycles. The Bertz CT molecular complexity index is 908. The van der Waals surface area contributed by atoms with Gasteiger partial charge in [0, 0.05) is 18.3 Å². The van der Waals surface area contributed by atoms with Gasteiger partial charge in [0.05, 0.1) is 18.4 Å². The summed E-state index contributed by atoms with van der Waals surface area (Å²) < 4.78 is 1.90. The summed E-state index contributed by atoms with van der Waals surface area (Å²) in [6.07, 6.45) is 5.37. The van der Waals surface area contributed by atoms with Crippen LogP contribution in [0.3, 0.4) is 0 Å². The molecule has 1 N–H and O–H groups in total. The number of aryl methyl sites for hydroxylation is 1. The van der Waals surface area contributed by atoms with Crippen molar-refractivity contribution in [3.8, 4) is 6.07 Å². The van der Waals surface area contributed by atoms with Crippen LogP contribution in [-0.4, -0.2) is 20.0 Å². The first-order valence-electron chi connectivity index (χ1n) is 8.82. The fraction of sp³-hybridized carbons (Fsp3) is 0.300. The SMILES string of the molecule is CCc1nnc(NCc2cnn(Cc3ccccc3)c2)c(C#N)c1CC. The zero-order valence-electron chi connectivity index (χ0n) is 15.1. The van der Waals surface area contributed by atoms with Crippen molar-refractivity contribution in [1.29, 1.82) is 5.26 Å². The predicted molar refractivity (Wildman–Crippen MR) is 101 cm³/mol. The van der Waals surface area contributed by atoms with Gasteiger partial charge >= 0.3 is 0 Å². The first-order chi connectivity index (χ1) is 12.7. The Labute approximate surface area is 153 Å². The first kappa shape index (κ1) is 17.6. The van der Waals surface area contributed by atoms with E-state index in [2.05, 4.69) is 38.8 Å². The molecule has 0 aliphatic rings. The largest absolute Gasteiger partial charge is 0.363 e. The molecule has 0 bridgehead atoms. The number of rotatable bonds is 7. The summed E-state index contributed by atoms with van der Waals surface area (Å²) in [5, 5.41) is 25.7. The molecular formula is C20H22N6. The molecule has 6 heteroatoms. The Hall–Kier alpha value is -3.20. The predicted octanol–water partition coefficient (Wildman–Crippen LogP) is 3.33. The standard InChI is InChI=1S/C20H22N6/c1-3-17-18(10-21)20(25-24-19(17)4-2)22-11-16-12-23-26(14-16)13-15-8-6-5-7-9-15/h5-9,12,14H,3-4,11,13H2,1-2H3,(H,22,25). The van der Waals surface area contributed by atoms with Crippen LogP contribution in [0.5, 0.6) is 0 Å². The van der Waals surface area contributed by atoms with Crippen LogP contribution in [0, 0.1) is 11.3 Å². The Morgan fingerprint density at radius 3 is 2.58 bits per heavy atom. The quantitative estimate of drug-likeness (QED) is 0.710. The van der Waals surface area contributed by atoms with Gasteiger partial charge < -0.3 is 5.32 Å². The van der Waals surface area contributed by atoms with E-state index in [1.165, 1.54) is 5.56 Å². The summed E-state index contributed by atoms with van der Waals surface area (Å²) in [5.41, 5.74) is 4.70. The number of anilines is 1. The second-order valence-electron chi connectivity index (χ2n) is 6.05. The molecular weight excluding hydrogens is 324 g/mol. The molecule has 6 nitrogen and oxygen atoms in total. The molecule has 0 spiro atoms. The van der Waals surface area contributed by atoms with Crippen LogP contribution in [0.2, 0.25) is 0 Å². The van der Waals surface area contributed by atoms with Gasteiger partial charge in [-0.3, -0.25) is 4.68 Å². The zero-order chi connectivity index (χ0) is 18.4. The van der Waals surface area contributed by atoms with Gasteiger partial charge in [0.2, 0.25) is 0 Å². The van der Waals surface area contributed by atoms with Crippen molar-refractivity contribution in [2.24, 2.45) is 0 Å². The summed E-state index contributed by atoms with van der Waals surface area (Å²) in [6, 6.07) is 12.5. The third-order valence-corrected chi connectivity index (χ3v) is 4.29.